The average molecular weight is 197 g/mol. The van der Waals surface area contributed by atoms with Crippen LogP contribution in [0.4, 0.5) is 0 Å². The second kappa shape index (κ2) is 5.50. The second-order valence-electron chi connectivity index (χ2n) is 2.48. The highest BCUT2D eigenvalue weighted by Crippen LogP contribution is 2.11. The average Bonchev–Trinajstić information content (AvgIpc) is 2.52. The van der Waals surface area contributed by atoms with Crippen molar-refractivity contribution in [3.63, 3.8) is 0 Å². The minimum Gasteiger partial charge on any atom is -0.348 e. The predicted molar refractivity (Wildman–Crippen MR) is 53.5 cm³/mol. The van der Waals surface area contributed by atoms with Gasteiger partial charge in [-0.2, -0.15) is 11.8 Å². The molecule has 1 aromatic rings. The Labute approximate surface area is 80.6 Å². The van der Waals surface area contributed by atoms with Crippen molar-refractivity contribution in [2.75, 3.05) is 12.3 Å². The highest BCUT2D eigenvalue weighted by molar-refractivity contribution is 7.98. The van der Waals surface area contributed by atoms with E-state index in [-0.39, 0.29) is 0 Å². The van der Waals surface area contributed by atoms with Crippen molar-refractivity contribution in [2.24, 2.45) is 5.11 Å². The van der Waals surface area contributed by atoms with Crippen molar-refractivity contribution in [3.8, 4) is 0 Å². The molecule has 0 radical (unpaired) electrons. The number of hydrogen-bond acceptors (Lipinski definition) is 3. The molecule has 13 heavy (non-hydrogen) atoms. The van der Waals surface area contributed by atoms with Crippen LogP contribution in [-0.2, 0) is 5.75 Å². The van der Waals surface area contributed by atoms with Crippen LogP contribution in [0.5, 0.6) is 0 Å². The zero-order valence-electron chi connectivity index (χ0n) is 7.40. The summed E-state index contributed by atoms with van der Waals surface area (Å²) in [7, 11) is 0. The lowest BCUT2D eigenvalue weighted by molar-refractivity contribution is 1.11. The Bertz CT molecular complexity index is 302. The predicted octanol–water partition coefficient (Wildman–Crippen LogP) is 2.26. The van der Waals surface area contributed by atoms with Gasteiger partial charge in [0.05, 0.1) is 12.0 Å². The lowest BCUT2D eigenvalue weighted by atomic mass is 10.4. The lowest BCUT2D eigenvalue weighted by Gasteiger charge is -1.96. The Morgan fingerprint density at radius 2 is 2.62 bits per heavy atom. The molecule has 6 heteroatoms. The third kappa shape index (κ3) is 3.40. The van der Waals surface area contributed by atoms with Gasteiger partial charge in [0, 0.05) is 22.9 Å². The zero-order valence-corrected chi connectivity index (χ0v) is 8.21. The van der Waals surface area contributed by atoms with E-state index >= 15 is 0 Å². The molecule has 0 aromatic carbocycles. The third-order valence-electron chi connectivity index (χ3n) is 1.57. The molecule has 0 saturated carbocycles. The van der Waals surface area contributed by atoms with Gasteiger partial charge in [-0.15, -0.1) is 0 Å². The first-order chi connectivity index (χ1) is 6.34. The summed E-state index contributed by atoms with van der Waals surface area (Å²) in [6.45, 7) is 2.54. The molecule has 0 fully saturated rings. The molecule has 0 aliphatic carbocycles. The highest BCUT2D eigenvalue weighted by atomic mass is 32.2. The normalized spacial score (nSPS) is 9.62. The Balaban J connectivity index is 2.20. The van der Waals surface area contributed by atoms with Crippen LogP contribution in [0.25, 0.3) is 10.4 Å². The summed E-state index contributed by atoms with van der Waals surface area (Å²) >= 11 is 1.72. The molecule has 1 rings (SSSR count). The molecule has 0 bridgehead atoms. The van der Waals surface area contributed by atoms with Gasteiger partial charge in [-0.05, 0) is 18.2 Å². The molecule has 1 heterocycles. The molecule has 70 valence electrons. The fraction of sp³-hybridized carbons (Fsp3) is 0.571. The van der Waals surface area contributed by atoms with Gasteiger partial charge in [-0.25, -0.2) is 4.98 Å². The molecule has 1 aromatic heterocycles. The first-order valence-electron chi connectivity index (χ1n) is 3.92. The van der Waals surface area contributed by atoms with Gasteiger partial charge in [-0.3, -0.25) is 0 Å². The summed E-state index contributed by atoms with van der Waals surface area (Å²) < 4.78 is 0. The maximum Gasteiger partial charge on any atom is 0.0925 e. The number of azide groups is 1. The van der Waals surface area contributed by atoms with Crippen LogP contribution in [0.1, 0.15) is 11.4 Å². The molecule has 0 aliphatic rings. The Morgan fingerprint density at radius 1 is 1.77 bits per heavy atom. The second-order valence-corrected chi connectivity index (χ2v) is 3.59. The number of aromatic nitrogens is 2. The molecule has 0 aliphatic heterocycles. The number of imidazole rings is 1. The topological polar surface area (TPSA) is 77.4 Å². The van der Waals surface area contributed by atoms with Crippen molar-refractivity contribution < 1.29 is 0 Å². The first kappa shape index (κ1) is 9.95. The monoisotopic (exact) mass is 197 g/mol. The Morgan fingerprint density at radius 3 is 3.23 bits per heavy atom. The molecule has 0 unspecified atom stereocenters. The van der Waals surface area contributed by atoms with Crippen LogP contribution in [-0.4, -0.2) is 22.3 Å². The van der Waals surface area contributed by atoms with Gasteiger partial charge < -0.3 is 4.98 Å². The largest absolute Gasteiger partial charge is 0.348 e. The Kier molecular flexibility index (Phi) is 4.21. The standard InChI is InChI=1S/C7H11N5S/c1-6-7(10-5-9-6)4-13-3-2-11-12-8/h5H,2-4H2,1H3,(H,9,10). The molecule has 0 atom stereocenters. The quantitative estimate of drug-likeness (QED) is 0.340. The first-order valence-corrected chi connectivity index (χ1v) is 5.07. The van der Waals surface area contributed by atoms with Crippen LogP contribution < -0.4 is 0 Å². The van der Waals surface area contributed by atoms with Crippen molar-refractivity contribution >= 4 is 11.8 Å². The van der Waals surface area contributed by atoms with E-state index in [9.17, 15) is 0 Å². The molecule has 0 saturated heterocycles. The smallest absolute Gasteiger partial charge is 0.0925 e. The van der Waals surface area contributed by atoms with Crippen LogP contribution in [0.3, 0.4) is 0 Å². The SMILES string of the molecule is Cc1[nH]cnc1CSCCN=[N+]=[N-]. The number of nitrogens with one attached hydrogen (secondary N) is 1. The van der Waals surface area contributed by atoms with E-state index in [0.717, 1.165) is 22.9 Å². The van der Waals surface area contributed by atoms with Gasteiger partial charge in [0.2, 0.25) is 0 Å². The highest BCUT2D eigenvalue weighted by Gasteiger charge is 1.99. The molecule has 1 N–H and O–H groups in total. The number of nitrogens with zero attached hydrogens (tertiary/aromatic N) is 4. The van der Waals surface area contributed by atoms with Crippen LogP contribution in [0, 0.1) is 6.92 Å². The van der Waals surface area contributed by atoms with Crippen LogP contribution >= 0.6 is 11.8 Å². The summed E-state index contributed by atoms with van der Waals surface area (Å²) in [5.74, 6) is 1.71. The van der Waals surface area contributed by atoms with E-state index in [2.05, 4.69) is 20.0 Å². The number of thioether (sulfide) groups is 1. The maximum absolute atomic E-state index is 8.03. The molecule has 0 spiro atoms. The summed E-state index contributed by atoms with van der Waals surface area (Å²) in [5.41, 5.74) is 10.2. The minimum absolute atomic E-state index is 0.546. The number of aromatic amines is 1. The van der Waals surface area contributed by atoms with Crippen LogP contribution in [0.15, 0.2) is 11.4 Å². The van der Waals surface area contributed by atoms with E-state index in [4.69, 9.17) is 5.53 Å². The summed E-state index contributed by atoms with van der Waals surface area (Å²) in [4.78, 5) is 9.85. The number of hydrogen-bond donors (Lipinski definition) is 1. The van der Waals surface area contributed by atoms with Gasteiger partial charge in [-0.1, -0.05) is 5.11 Å². The summed E-state index contributed by atoms with van der Waals surface area (Å²) in [6, 6.07) is 0. The number of aryl methyl sites for hydroxylation is 1. The van der Waals surface area contributed by atoms with Gasteiger partial charge in [0.1, 0.15) is 0 Å². The lowest BCUT2D eigenvalue weighted by Crippen LogP contribution is -1.88. The van der Waals surface area contributed by atoms with Crippen molar-refractivity contribution in [1.29, 1.82) is 0 Å². The van der Waals surface area contributed by atoms with Crippen molar-refractivity contribution in [2.45, 2.75) is 12.7 Å². The van der Waals surface area contributed by atoms with Crippen LogP contribution in [0.2, 0.25) is 0 Å². The maximum atomic E-state index is 8.03. The number of rotatable bonds is 5. The Hall–Kier alpha value is -1.13. The van der Waals surface area contributed by atoms with Crippen molar-refractivity contribution in [1.82, 2.24) is 9.97 Å². The molecule has 0 amide bonds. The summed E-state index contributed by atoms with van der Waals surface area (Å²) in [6.07, 6.45) is 1.69. The van der Waals surface area contributed by atoms with E-state index in [1.165, 1.54) is 0 Å². The number of H-pyrrole nitrogens is 1. The molecular formula is C7H11N5S. The fourth-order valence-corrected chi connectivity index (χ4v) is 1.69. The van der Waals surface area contributed by atoms with E-state index < -0.39 is 0 Å². The zero-order chi connectivity index (χ0) is 9.52. The van der Waals surface area contributed by atoms with E-state index in [1.54, 1.807) is 18.1 Å². The summed E-state index contributed by atoms with van der Waals surface area (Å²) in [5, 5.41) is 3.44. The van der Waals surface area contributed by atoms with Gasteiger partial charge >= 0.3 is 0 Å². The van der Waals surface area contributed by atoms with Gasteiger partial charge in [0.25, 0.3) is 0 Å². The van der Waals surface area contributed by atoms with Crippen molar-refractivity contribution in [3.05, 3.63) is 28.2 Å². The van der Waals surface area contributed by atoms with E-state index in [0.29, 0.717) is 6.54 Å². The molecular weight excluding hydrogens is 186 g/mol. The third-order valence-corrected chi connectivity index (χ3v) is 2.52. The van der Waals surface area contributed by atoms with E-state index in [1.807, 2.05) is 6.92 Å². The minimum atomic E-state index is 0.546. The fourth-order valence-electron chi connectivity index (χ4n) is 0.852. The molecule has 5 nitrogen and oxygen atoms in total. The van der Waals surface area contributed by atoms with Gasteiger partial charge in [0.15, 0.2) is 0 Å².